The highest BCUT2D eigenvalue weighted by Gasteiger charge is 2.23. The fraction of sp³-hybridized carbons (Fsp3) is 0.348. The van der Waals surface area contributed by atoms with E-state index in [-0.39, 0.29) is 12.2 Å². The molecular weight excluding hydrogens is 406 g/mol. The number of unbranched alkanes of at least 4 members (excludes halogenated alkanes) is 1. The number of benzene rings is 2. The third kappa shape index (κ3) is 7.57. The van der Waals surface area contributed by atoms with E-state index < -0.39 is 41.7 Å². The van der Waals surface area contributed by atoms with E-state index in [0.29, 0.717) is 36.9 Å². The summed E-state index contributed by atoms with van der Waals surface area (Å²) in [7, 11) is 0. The van der Waals surface area contributed by atoms with Crippen LogP contribution in [0.5, 0.6) is 5.75 Å². The van der Waals surface area contributed by atoms with Gasteiger partial charge >= 0.3 is 0 Å². The maximum absolute atomic E-state index is 13.7. The Morgan fingerprint density at radius 1 is 1.06 bits per heavy atom. The second-order valence-electron chi connectivity index (χ2n) is 7.20. The van der Waals surface area contributed by atoms with Gasteiger partial charge < -0.3 is 15.8 Å². The fourth-order valence-electron chi connectivity index (χ4n) is 3.02. The molecule has 1 unspecified atom stereocenters. The largest absolute Gasteiger partial charge is 0.480 e. The molecule has 0 aliphatic rings. The predicted molar refractivity (Wildman–Crippen MR) is 112 cm³/mol. The first-order valence-corrected chi connectivity index (χ1v) is 10.0. The number of nitrogens with two attached hydrogens (primary N) is 1. The van der Waals surface area contributed by atoms with E-state index in [1.54, 1.807) is 24.3 Å². The van der Waals surface area contributed by atoms with Crippen LogP contribution in [0.1, 0.15) is 42.1 Å². The number of halogens is 2. The van der Waals surface area contributed by atoms with Crippen molar-refractivity contribution in [2.75, 3.05) is 13.2 Å². The van der Waals surface area contributed by atoms with Gasteiger partial charge in [0.25, 0.3) is 5.91 Å². The zero-order valence-corrected chi connectivity index (χ0v) is 17.3. The molecule has 0 aliphatic heterocycles. The van der Waals surface area contributed by atoms with Crippen molar-refractivity contribution in [3.05, 3.63) is 65.2 Å². The summed E-state index contributed by atoms with van der Waals surface area (Å²) in [5.41, 5.74) is 6.49. The van der Waals surface area contributed by atoms with Crippen molar-refractivity contribution >= 4 is 17.5 Å². The van der Waals surface area contributed by atoms with Crippen molar-refractivity contribution in [2.45, 2.75) is 38.6 Å². The van der Waals surface area contributed by atoms with Gasteiger partial charge in [-0.15, -0.1) is 0 Å². The second-order valence-corrected chi connectivity index (χ2v) is 7.20. The molecular formula is C23H26F2N2O4. The molecule has 2 aromatic carbocycles. The van der Waals surface area contributed by atoms with E-state index in [2.05, 4.69) is 5.32 Å². The average molecular weight is 432 g/mol. The van der Waals surface area contributed by atoms with Crippen molar-refractivity contribution < 1.29 is 27.9 Å². The molecule has 31 heavy (non-hydrogen) atoms. The zero-order valence-electron chi connectivity index (χ0n) is 17.3. The van der Waals surface area contributed by atoms with Crippen molar-refractivity contribution in [3.63, 3.8) is 0 Å². The predicted octanol–water partition coefficient (Wildman–Crippen LogP) is 2.97. The number of para-hydroxylation sites is 1. The van der Waals surface area contributed by atoms with Gasteiger partial charge in [-0.1, -0.05) is 18.2 Å². The minimum atomic E-state index is -0.918. The Labute approximate surface area is 179 Å². The Morgan fingerprint density at radius 3 is 2.39 bits per heavy atom. The summed E-state index contributed by atoms with van der Waals surface area (Å²) in [6.45, 7) is 1.28. The van der Waals surface area contributed by atoms with Gasteiger partial charge in [0.1, 0.15) is 12.4 Å². The van der Waals surface area contributed by atoms with Crippen LogP contribution in [0.4, 0.5) is 8.78 Å². The summed E-state index contributed by atoms with van der Waals surface area (Å²) in [5.74, 6) is -3.52. The highest BCUT2D eigenvalue weighted by molar-refractivity contribution is 5.98. The lowest BCUT2D eigenvalue weighted by Crippen LogP contribution is -2.43. The van der Waals surface area contributed by atoms with Gasteiger partial charge in [-0.25, -0.2) is 8.78 Å². The number of hydrogen-bond donors (Lipinski definition) is 2. The standard InChI is InChI=1S/C23H26F2N2O4/c1-15(28)12-16-6-4-7-17(13-16)23(30)27-20(10-2-3-11-26)21(29)14-31-22-18(24)8-5-9-19(22)25/h4-9,13,20H,2-3,10-12,14,26H2,1H3,(H,27,30). The minimum Gasteiger partial charge on any atom is -0.480 e. The molecule has 0 saturated heterocycles. The number of carbonyl (C=O) groups excluding carboxylic acids is 3. The lowest BCUT2D eigenvalue weighted by Gasteiger charge is -2.18. The fourth-order valence-corrected chi connectivity index (χ4v) is 3.02. The second kappa shape index (κ2) is 11.9. The molecule has 2 rings (SSSR count). The number of ether oxygens (including phenoxy) is 1. The molecule has 0 saturated carbocycles. The minimum absolute atomic E-state index is 0.0371. The summed E-state index contributed by atoms with van der Waals surface area (Å²) in [4.78, 5) is 36.7. The molecule has 0 spiro atoms. The smallest absolute Gasteiger partial charge is 0.251 e. The Kier molecular flexibility index (Phi) is 9.27. The first kappa shape index (κ1) is 24.1. The van der Waals surface area contributed by atoms with Gasteiger partial charge in [0.05, 0.1) is 6.04 Å². The molecule has 2 aromatic rings. The molecule has 0 fully saturated rings. The zero-order chi connectivity index (χ0) is 22.8. The van der Waals surface area contributed by atoms with Crippen molar-refractivity contribution in [1.82, 2.24) is 5.32 Å². The third-order valence-corrected chi connectivity index (χ3v) is 4.56. The van der Waals surface area contributed by atoms with E-state index in [9.17, 15) is 23.2 Å². The number of rotatable bonds is 12. The maximum Gasteiger partial charge on any atom is 0.251 e. The van der Waals surface area contributed by atoms with E-state index in [1.807, 2.05) is 0 Å². The molecule has 0 heterocycles. The lowest BCUT2D eigenvalue weighted by molar-refractivity contribution is -0.123. The maximum atomic E-state index is 13.7. The Balaban J connectivity index is 2.09. The first-order valence-electron chi connectivity index (χ1n) is 10.0. The molecule has 0 aromatic heterocycles. The van der Waals surface area contributed by atoms with Crippen molar-refractivity contribution in [3.8, 4) is 5.75 Å². The highest BCUT2D eigenvalue weighted by Crippen LogP contribution is 2.21. The number of carbonyl (C=O) groups is 3. The summed E-state index contributed by atoms with van der Waals surface area (Å²) < 4.78 is 32.5. The Bertz CT molecular complexity index is 913. The summed E-state index contributed by atoms with van der Waals surface area (Å²) in [6, 6.07) is 8.88. The SMILES string of the molecule is CC(=O)Cc1cccc(C(=O)NC(CCCCN)C(=O)COc2c(F)cccc2F)c1. The van der Waals surface area contributed by atoms with Gasteiger partial charge in [0.2, 0.25) is 0 Å². The van der Waals surface area contributed by atoms with E-state index >= 15 is 0 Å². The van der Waals surface area contributed by atoms with Crippen molar-refractivity contribution in [1.29, 1.82) is 0 Å². The van der Waals surface area contributed by atoms with Crippen LogP contribution >= 0.6 is 0 Å². The molecule has 1 amide bonds. The topological polar surface area (TPSA) is 98.5 Å². The van der Waals surface area contributed by atoms with Crippen LogP contribution in [0, 0.1) is 11.6 Å². The molecule has 3 N–H and O–H groups in total. The van der Waals surface area contributed by atoms with Crippen LogP contribution in [0.3, 0.4) is 0 Å². The number of amides is 1. The van der Waals surface area contributed by atoms with Gasteiger partial charge in [0.15, 0.2) is 23.2 Å². The van der Waals surface area contributed by atoms with Crippen LogP contribution in [-0.4, -0.2) is 36.7 Å². The number of ketones is 2. The van der Waals surface area contributed by atoms with Gasteiger partial charge in [-0.05, 0) is 62.6 Å². The lowest BCUT2D eigenvalue weighted by atomic mass is 10.0. The molecule has 1 atom stereocenters. The molecule has 6 nitrogen and oxygen atoms in total. The number of hydrogen-bond acceptors (Lipinski definition) is 5. The molecule has 0 aliphatic carbocycles. The summed E-state index contributed by atoms with van der Waals surface area (Å²) in [6.07, 6.45) is 1.72. The molecule has 166 valence electrons. The van der Waals surface area contributed by atoms with Gasteiger partial charge in [-0.2, -0.15) is 0 Å². The van der Waals surface area contributed by atoms with Crippen LogP contribution in [-0.2, 0) is 16.0 Å². The van der Waals surface area contributed by atoms with E-state index in [0.717, 1.165) is 12.1 Å². The monoisotopic (exact) mass is 432 g/mol. The number of Topliss-reactive ketones (excluding diaryl/α,β-unsaturated/α-hetero) is 2. The highest BCUT2D eigenvalue weighted by atomic mass is 19.1. The summed E-state index contributed by atoms with van der Waals surface area (Å²) in [5, 5.41) is 2.66. The van der Waals surface area contributed by atoms with E-state index in [4.69, 9.17) is 10.5 Å². The Hall–Kier alpha value is -3.13. The van der Waals surface area contributed by atoms with Crippen LogP contribution in [0.15, 0.2) is 42.5 Å². The van der Waals surface area contributed by atoms with Gasteiger partial charge in [0, 0.05) is 12.0 Å². The molecule has 0 radical (unpaired) electrons. The summed E-state index contributed by atoms with van der Waals surface area (Å²) >= 11 is 0. The Morgan fingerprint density at radius 2 is 1.74 bits per heavy atom. The molecule has 8 heteroatoms. The van der Waals surface area contributed by atoms with Crippen LogP contribution in [0.2, 0.25) is 0 Å². The molecule has 0 bridgehead atoms. The average Bonchev–Trinajstić information content (AvgIpc) is 2.72. The first-order chi connectivity index (χ1) is 14.8. The van der Waals surface area contributed by atoms with Crippen LogP contribution < -0.4 is 15.8 Å². The van der Waals surface area contributed by atoms with Crippen molar-refractivity contribution in [2.24, 2.45) is 5.73 Å². The van der Waals surface area contributed by atoms with E-state index in [1.165, 1.54) is 13.0 Å². The quantitative estimate of drug-likeness (QED) is 0.503. The number of nitrogens with one attached hydrogen (secondary N) is 1. The third-order valence-electron chi connectivity index (χ3n) is 4.56. The van der Waals surface area contributed by atoms with Crippen LogP contribution in [0.25, 0.3) is 0 Å². The van der Waals surface area contributed by atoms with Gasteiger partial charge in [-0.3, -0.25) is 14.4 Å². The normalized spacial score (nSPS) is 11.6.